The fraction of sp³-hybridized carbons (Fsp3) is 0.643. The van der Waals surface area contributed by atoms with Crippen LogP contribution < -0.4 is 10.1 Å². The van der Waals surface area contributed by atoms with Crippen LogP contribution in [-0.2, 0) is 0 Å². The van der Waals surface area contributed by atoms with E-state index in [0.717, 1.165) is 18.0 Å². The molecule has 100 valence electrons. The van der Waals surface area contributed by atoms with Gasteiger partial charge in [-0.2, -0.15) is 0 Å². The van der Waals surface area contributed by atoms with Gasteiger partial charge in [0.05, 0.1) is 6.10 Å². The van der Waals surface area contributed by atoms with Gasteiger partial charge in [-0.3, -0.25) is 0 Å². The number of alkyl halides is 1. The van der Waals surface area contributed by atoms with Gasteiger partial charge in [0.15, 0.2) is 11.6 Å². The number of rotatable bonds is 4. The lowest BCUT2D eigenvalue weighted by molar-refractivity contribution is 0.167. The van der Waals surface area contributed by atoms with Crippen molar-refractivity contribution in [3.63, 3.8) is 0 Å². The lowest BCUT2D eigenvalue weighted by atomic mass is 9.67. The summed E-state index contributed by atoms with van der Waals surface area (Å²) in [6.07, 6.45) is 2.89. The molecule has 4 heteroatoms. The molecule has 1 aromatic heterocycles. The third kappa shape index (κ3) is 2.56. The van der Waals surface area contributed by atoms with E-state index in [1.807, 2.05) is 26.0 Å². The molecular weight excluding hydrogens is 248 g/mol. The van der Waals surface area contributed by atoms with Crippen molar-refractivity contribution in [1.29, 1.82) is 0 Å². The summed E-state index contributed by atoms with van der Waals surface area (Å²) in [6.45, 7) is 8.38. The van der Waals surface area contributed by atoms with Crippen molar-refractivity contribution in [2.24, 2.45) is 5.41 Å². The van der Waals surface area contributed by atoms with Gasteiger partial charge in [0.1, 0.15) is 0 Å². The molecule has 0 amide bonds. The number of hydrogen-bond acceptors (Lipinski definition) is 3. The lowest BCUT2D eigenvalue weighted by Gasteiger charge is -2.49. The second-order valence-electron chi connectivity index (χ2n) is 5.74. The van der Waals surface area contributed by atoms with Gasteiger partial charge in [0.25, 0.3) is 0 Å². The van der Waals surface area contributed by atoms with E-state index in [4.69, 9.17) is 16.3 Å². The van der Waals surface area contributed by atoms with Gasteiger partial charge in [-0.15, -0.1) is 11.6 Å². The van der Waals surface area contributed by atoms with E-state index >= 15 is 0 Å². The first kappa shape index (κ1) is 13.5. The van der Waals surface area contributed by atoms with Crippen LogP contribution in [0, 0.1) is 5.41 Å². The Morgan fingerprint density at radius 2 is 2.22 bits per heavy atom. The Labute approximate surface area is 114 Å². The van der Waals surface area contributed by atoms with Crippen LogP contribution in [-0.4, -0.2) is 22.5 Å². The Morgan fingerprint density at radius 3 is 2.78 bits per heavy atom. The Morgan fingerprint density at radius 1 is 1.50 bits per heavy atom. The van der Waals surface area contributed by atoms with Crippen LogP contribution >= 0.6 is 11.6 Å². The summed E-state index contributed by atoms with van der Waals surface area (Å²) in [5.41, 5.74) is 0.0914. The van der Waals surface area contributed by atoms with E-state index in [0.29, 0.717) is 6.04 Å². The number of halogens is 1. The maximum atomic E-state index is 6.23. The molecule has 2 rings (SSSR count). The number of anilines is 1. The summed E-state index contributed by atoms with van der Waals surface area (Å²) in [4.78, 5) is 4.36. The number of nitrogens with zero attached hydrogens (tertiary/aromatic N) is 1. The normalized spacial score (nSPS) is 25.7. The molecule has 1 saturated carbocycles. The maximum absolute atomic E-state index is 6.23. The second kappa shape index (κ2) is 4.96. The number of pyridine rings is 1. The summed E-state index contributed by atoms with van der Waals surface area (Å²) in [5, 5.41) is 3.68. The Kier molecular flexibility index (Phi) is 3.71. The molecule has 3 nitrogen and oxygen atoms in total. The first-order valence-corrected chi connectivity index (χ1v) is 6.87. The maximum Gasteiger partial charge on any atom is 0.169 e. The standard InChI is InChI=1S/C14H21ClN2O/c1-9(2)18-10-6-5-7-16-13(10)17-12-8-11(15)14(12,3)4/h5-7,9,11-12H,8H2,1-4H3,(H,16,17). The van der Waals surface area contributed by atoms with Gasteiger partial charge < -0.3 is 10.1 Å². The van der Waals surface area contributed by atoms with Gasteiger partial charge >= 0.3 is 0 Å². The number of nitrogens with one attached hydrogen (secondary N) is 1. The number of hydrogen-bond donors (Lipinski definition) is 1. The zero-order chi connectivity index (χ0) is 13.3. The summed E-state index contributed by atoms with van der Waals surface area (Å²) in [5.74, 6) is 1.62. The van der Waals surface area contributed by atoms with Gasteiger partial charge in [-0.1, -0.05) is 13.8 Å². The van der Waals surface area contributed by atoms with Crippen molar-refractivity contribution in [2.75, 3.05) is 5.32 Å². The molecule has 1 heterocycles. The first-order chi connectivity index (χ1) is 8.41. The molecule has 1 fully saturated rings. The molecule has 0 aliphatic heterocycles. The van der Waals surface area contributed by atoms with Gasteiger partial charge in [-0.25, -0.2) is 4.98 Å². The molecule has 0 spiro atoms. The SMILES string of the molecule is CC(C)Oc1cccnc1NC1CC(Cl)C1(C)C. The number of aromatic nitrogens is 1. The zero-order valence-electron chi connectivity index (χ0n) is 11.4. The minimum absolute atomic E-state index is 0.0914. The smallest absolute Gasteiger partial charge is 0.169 e. The molecule has 2 atom stereocenters. The van der Waals surface area contributed by atoms with E-state index in [2.05, 4.69) is 24.1 Å². The van der Waals surface area contributed by atoms with Crippen LogP contribution in [0.1, 0.15) is 34.1 Å². The second-order valence-corrected chi connectivity index (χ2v) is 6.27. The zero-order valence-corrected chi connectivity index (χ0v) is 12.2. The van der Waals surface area contributed by atoms with E-state index in [1.54, 1.807) is 6.20 Å². The highest BCUT2D eigenvalue weighted by Crippen LogP contribution is 2.46. The summed E-state index contributed by atoms with van der Waals surface area (Å²) >= 11 is 6.23. The van der Waals surface area contributed by atoms with Crippen LogP contribution in [0.3, 0.4) is 0 Å². The largest absolute Gasteiger partial charge is 0.487 e. The van der Waals surface area contributed by atoms with Gasteiger partial charge in [0.2, 0.25) is 0 Å². The van der Waals surface area contributed by atoms with Crippen molar-refractivity contribution < 1.29 is 4.74 Å². The molecule has 1 aliphatic rings. The highest BCUT2D eigenvalue weighted by atomic mass is 35.5. The molecular formula is C14H21ClN2O. The average Bonchev–Trinajstić information content (AvgIpc) is 2.30. The third-order valence-electron chi connectivity index (χ3n) is 3.59. The molecule has 2 unspecified atom stereocenters. The molecule has 1 aromatic rings. The highest BCUT2D eigenvalue weighted by Gasteiger charge is 2.47. The van der Waals surface area contributed by atoms with Crippen LogP contribution in [0.4, 0.5) is 5.82 Å². The highest BCUT2D eigenvalue weighted by molar-refractivity contribution is 6.21. The topological polar surface area (TPSA) is 34.1 Å². The van der Waals surface area contributed by atoms with Gasteiger partial charge in [0, 0.05) is 23.0 Å². The first-order valence-electron chi connectivity index (χ1n) is 6.43. The molecule has 0 bridgehead atoms. The Balaban J connectivity index is 2.10. The van der Waals surface area contributed by atoms with Gasteiger partial charge in [-0.05, 0) is 32.4 Å². The van der Waals surface area contributed by atoms with E-state index in [1.165, 1.54) is 0 Å². The van der Waals surface area contributed by atoms with E-state index in [-0.39, 0.29) is 16.9 Å². The molecule has 0 radical (unpaired) electrons. The lowest BCUT2D eigenvalue weighted by Crippen LogP contribution is -2.54. The van der Waals surface area contributed by atoms with E-state index in [9.17, 15) is 0 Å². The van der Waals surface area contributed by atoms with E-state index < -0.39 is 0 Å². The van der Waals surface area contributed by atoms with Crippen LogP contribution in [0.5, 0.6) is 5.75 Å². The third-order valence-corrected chi connectivity index (χ3v) is 4.33. The quantitative estimate of drug-likeness (QED) is 0.846. The Hall–Kier alpha value is -0.960. The summed E-state index contributed by atoms with van der Waals surface area (Å²) < 4.78 is 5.75. The molecule has 0 aromatic carbocycles. The minimum Gasteiger partial charge on any atom is -0.487 e. The average molecular weight is 269 g/mol. The molecule has 18 heavy (non-hydrogen) atoms. The Bertz CT molecular complexity index is 420. The minimum atomic E-state index is 0.0914. The molecule has 1 aliphatic carbocycles. The summed E-state index contributed by atoms with van der Waals surface area (Å²) in [6, 6.07) is 4.18. The fourth-order valence-electron chi connectivity index (χ4n) is 2.13. The van der Waals surface area contributed by atoms with Crippen molar-refractivity contribution in [2.45, 2.75) is 51.6 Å². The fourth-order valence-corrected chi connectivity index (χ4v) is 2.46. The van der Waals surface area contributed by atoms with Crippen molar-refractivity contribution >= 4 is 17.4 Å². The van der Waals surface area contributed by atoms with Crippen molar-refractivity contribution in [3.05, 3.63) is 18.3 Å². The van der Waals surface area contributed by atoms with Crippen molar-refractivity contribution in [1.82, 2.24) is 4.98 Å². The predicted molar refractivity (Wildman–Crippen MR) is 75.5 cm³/mol. The molecule has 0 saturated heterocycles. The van der Waals surface area contributed by atoms with Crippen LogP contribution in [0.15, 0.2) is 18.3 Å². The van der Waals surface area contributed by atoms with Crippen molar-refractivity contribution in [3.8, 4) is 5.75 Å². The number of ether oxygens (including phenoxy) is 1. The predicted octanol–water partition coefficient (Wildman–Crippen LogP) is 3.69. The monoisotopic (exact) mass is 268 g/mol. The van der Waals surface area contributed by atoms with Crippen LogP contribution in [0.25, 0.3) is 0 Å². The van der Waals surface area contributed by atoms with Crippen LogP contribution in [0.2, 0.25) is 0 Å². The molecule has 1 N–H and O–H groups in total. The summed E-state index contributed by atoms with van der Waals surface area (Å²) in [7, 11) is 0.